The summed E-state index contributed by atoms with van der Waals surface area (Å²) in [6.07, 6.45) is 4.78. The Kier molecular flexibility index (Phi) is 2.98. The van der Waals surface area contributed by atoms with Gasteiger partial charge in [-0.3, -0.25) is 0 Å². The third-order valence-corrected chi connectivity index (χ3v) is 2.97. The molecule has 0 saturated carbocycles. The van der Waals surface area contributed by atoms with Crippen LogP contribution in [0, 0.1) is 0 Å². The second-order valence-corrected chi connectivity index (χ2v) is 4.27. The maximum Gasteiger partial charge on any atom is 0.146 e. The monoisotopic (exact) mass is 257 g/mol. The van der Waals surface area contributed by atoms with Crippen LogP contribution < -0.4 is 4.90 Å². The molecule has 0 atom stereocenters. The van der Waals surface area contributed by atoms with E-state index >= 15 is 0 Å². The Labute approximate surface area is 91.1 Å². The second-order valence-electron chi connectivity index (χ2n) is 3.41. The molecule has 0 bridgehead atoms. The van der Waals surface area contributed by atoms with Crippen LogP contribution in [0.1, 0.15) is 12.8 Å². The van der Waals surface area contributed by atoms with Crippen molar-refractivity contribution in [1.29, 1.82) is 0 Å². The lowest BCUT2D eigenvalue weighted by molar-refractivity contribution is 0.145. The van der Waals surface area contributed by atoms with E-state index in [1.165, 1.54) is 0 Å². The molecule has 1 N–H and O–H groups in total. The lowest BCUT2D eigenvalue weighted by atomic mass is 10.1. The third-order valence-electron chi connectivity index (χ3n) is 2.41. The summed E-state index contributed by atoms with van der Waals surface area (Å²) in [6, 6.07) is 0. The number of aliphatic hydroxyl groups excluding tert-OH is 1. The van der Waals surface area contributed by atoms with Crippen molar-refractivity contribution in [2.45, 2.75) is 18.9 Å². The second kappa shape index (κ2) is 4.23. The van der Waals surface area contributed by atoms with Crippen LogP contribution in [0.15, 0.2) is 17.0 Å². The summed E-state index contributed by atoms with van der Waals surface area (Å²) in [5, 5.41) is 9.37. The predicted molar refractivity (Wildman–Crippen MR) is 57.2 cm³/mol. The number of nitrogens with zero attached hydrogens (tertiary/aromatic N) is 3. The smallest absolute Gasteiger partial charge is 0.146 e. The molecule has 0 aromatic carbocycles. The summed E-state index contributed by atoms with van der Waals surface area (Å²) in [5.74, 6) is 0.923. The molecule has 14 heavy (non-hydrogen) atoms. The Morgan fingerprint density at radius 3 is 2.79 bits per heavy atom. The molecular weight excluding hydrogens is 246 g/mol. The largest absolute Gasteiger partial charge is 0.393 e. The van der Waals surface area contributed by atoms with Crippen LogP contribution in [0.2, 0.25) is 0 Å². The quantitative estimate of drug-likeness (QED) is 0.822. The first-order valence-corrected chi connectivity index (χ1v) is 5.45. The lowest BCUT2D eigenvalue weighted by Gasteiger charge is -2.30. The summed E-state index contributed by atoms with van der Waals surface area (Å²) in [5.41, 5.74) is 0. The van der Waals surface area contributed by atoms with E-state index in [4.69, 9.17) is 0 Å². The number of piperidine rings is 1. The molecule has 1 fully saturated rings. The molecule has 0 radical (unpaired) electrons. The Morgan fingerprint density at radius 1 is 1.43 bits per heavy atom. The SMILES string of the molecule is OC1CCN(c2ncncc2Br)CC1. The molecule has 76 valence electrons. The molecule has 0 amide bonds. The Morgan fingerprint density at radius 2 is 2.14 bits per heavy atom. The van der Waals surface area contributed by atoms with Gasteiger partial charge >= 0.3 is 0 Å². The van der Waals surface area contributed by atoms with E-state index < -0.39 is 0 Å². The minimum atomic E-state index is -0.146. The fraction of sp³-hybridized carbons (Fsp3) is 0.556. The van der Waals surface area contributed by atoms with Crippen molar-refractivity contribution in [3.8, 4) is 0 Å². The fourth-order valence-electron chi connectivity index (χ4n) is 1.62. The van der Waals surface area contributed by atoms with Crippen LogP contribution in [0.5, 0.6) is 0 Å². The zero-order chi connectivity index (χ0) is 9.97. The van der Waals surface area contributed by atoms with Crippen LogP contribution in [0.3, 0.4) is 0 Å². The Balaban J connectivity index is 2.12. The molecule has 1 aromatic rings. The highest BCUT2D eigenvalue weighted by atomic mass is 79.9. The van der Waals surface area contributed by atoms with Gasteiger partial charge in [0.1, 0.15) is 12.1 Å². The van der Waals surface area contributed by atoms with Crippen LogP contribution in [-0.4, -0.2) is 34.3 Å². The molecule has 1 saturated heterocycles. The van der Waals surface area contributed by atoms with Crippen LogP contribution in [0.25, 0.3) is 0 Å². The number of aromatic nitrogens is 2. The summed E-state index contributed by atoms with van der Waals surface area (Å²) in [7, 11) is 0. The van der Waals surface area contributed by atoms with Gasteiger partial charge in [-0.2, -0.15) is 0 Å². The van der Waals surface area contributed by atoms with Gasteiger partial charge in [-0.25, -0.2) is 9.97 Å². The van der Waals surface area contributed by atoms with Crippen molar-refractivity contribution in [3.63, 3.8) is 0 Å². The first kappa shape index (κ1) is 9.86. The third kappa shape index (κ3) is 2.04. The average molecular weight is 258 g/mol. The number of rotatable bonds is 1. The van der Waals surface area contributed by atoms with Crippen molar-refractivity contribution < 1.29 is 5.11 Å². The molecule has 2 rings (SSSR count). The van der Waals surface area contributed by atoms with Crippen molar-refractivity contribution >= 4 is 21.7 Å². The fourth-order valence-corrected chi connectivity index (χ4v) is 2.09. The molecule has 1 aliphatic rings. The minimum absolute atomic E-state index is 0.146. The highest BCUT2D eigenvalue weighted by Crippen LogP contribution is 2.24. The lowest BCUT2D eigenvalue weighted by Crippen LogP contribution is -2.36. The van der Waals surface area contributed by atoms with E-state index in [2.05, 4.69) is 30.8 Å². The van der Waals surface area contributed by atoms with Gasteiger partial charge in [0.2, 0.25) is 0 Å². The molecular formula is C9H12BrN3O. The highest BCUT2D eigenvalue weighted by molar-refractivity contribution is 9.10. The maximum absolute atomic E-state index is 9.37. The van der Waals surface area contributed by atoms with E-state index in [-0.39, 0.29) is 6.10 Å². The van der Waals surface area contributed by atoms with Gasteiger partial charge in [0.15, 0.2) is 0 Å². The average Bonchev–Trinajstić information content (AvgIpc) is 2.20. The van der Waals surface area contributed by atoms with E-state index in [9.17, 15) is 5.11 Å². The first-order valence-electron chi connectivity index (χ1n) is 4.66. The van der Waals surface area contributed by atoms with E-state index in [0.717, 1.165) is 36.2 Å². The number of hydrogen-bond donors (Lipinski definition) is 1. The number of hydrogen-bond acceptors (Lipinski definition) is 4. The summed E-state index contributed by atoms with van der Waals surface area (Å²) >= 11 is 3.42. The molecule has 1 aliphatic heterocycles. The van der Waals surface area contributed by atoms with Crippen molar-refractivity contribution in [2.24, 2.45) is 0 Å². The summed E-state index contributed by atoms with van der Waals surface area (Å²) in [4.78, 5) is 10.3. The van der Waals surface area contributed by atoms with Gasteiger partial charge in [0.25, 0.3) is 0 Å². The van der Waals surface area contributed by atoms with Gasteiger partial charge < -0.3 is 10.0 Å². The molecule has 0 aliphatic carbocycles. The van der Waals surface area contributed by atoms with E-state index in [1.54, 1.807) is 12.5 Å². The normalized spacial score (nSPS) is 18.6. The summed E-state index contributed by atoms with van der Waals surface area (Å²) < 4.78 is 0.913. The van der Waals surface area contributed by atoms with Crippen LogP contribution in [-0.2, 0) is 0 Å². The molecule has 5 heteroatoms. The number of aliphatic hydroxyl groups is 1. The predicted octanol–water partition coefficient (Wildman–Crippen LogP) is 1.20. The Hall–Kier alpha value is -0.680. The molecule has 4 nitrogen and oxygen atoms in total. The van der Waals surface area contributed by atoms with Gasteiger partial charge in [0, 0.05) is 19.3 Å². The summed E-state index contributed by atoms with van der Waals surface area (Å²) in [6.45, 7) is 1.72. The molecule has 1 aromatic heterocycles. The van der Waals surface area contributed by atoms with Gasteiger partial charge in [0.05, 0.1) is 10.6 Å². The standard InChI is InChI=1S/C9H12BrN3O/c10-8-5-11-6-12-9(8)13-3-1-7(14)2-4-13/h5-7,14H,1-4H2. The Bertz CT molecular complexity index is 313. The number of anilines is 1. The zero-order valence-corrected chi connectivity index (χ0v) is 9.31. The van der Waals surface area contributed by atoms with Gasteiger partial charge in [-0.1, -0.05) is 0 Å². The first-order chi connectivity index (χ1) is 6.77. The van der Waals surface area contributed by atoms with Crippen LogP contribution in [0.4, 0.5) is 5.82 Å². The van der Waals surface area contributed by atoms with Crippen LogP contribution >= 0.6 is 15.9 Å². The van der Waals surface area contributed by atoms with Gasteiger partial charge in [-0.05, 0) is 28.8 Å². The molecule has 0 unspecified atom stereocenters. The topological polar surface area (TPSA) is 49.2 Å². The maximum atomic E-state index is 9.37. The van der Waals surface area contributed by atoms with Gasteiger partial charge in [-0.15, -0.1) is 0 Å². The molecule has 2 heterocycles. The van der Waals surface area contributed by atoms with Crippen molar-refractivity contribution in [2.75, 3.05) is 18.0 Å². The van der Waals surface area contributed by atoms with Crippen molar-refractivity contribution in [1.82, 2.24) is 9.97 Å². The van der Waals surface area contributed by atoms with E-state index in [0.29, 0.717) is 0 Å². The zero-order valence-electron chi connectivity index (χ0n) is 7.73. The van der Waals surface area contributed by atoms with E-state index in [1.807, 2.05) is 0 Å². The minimum Gasteiger partial charge on any atom is -0.393 e. The highest BCUT2D eigenvalue weighted by Gasteiger charge is 2.19. The molecule has 0 spiro atoms. The number of halogens is 1. The van der Waals surface area contributed by atoms with Crippen molar-refractivity contribution in [3.05, 3.63) is 17.0 Å².